The number of rotatable bonds is 4. The molecule has 2 rings (SSSR count). The van der Waals surface area contributed by atoms with E-state index in [4.69, 9.17) is 12.2 Å². The molecule has 2 heterocycles. The Kier molecular flexibility index (Phi) is 4.79. The maximum absolute atomic E-state index is 11.8. The van der Waals surface area contributed by atoms with Crippen molar-refractivity contribution in [2.75, 3.05) is 0 Å². The fraction of sp³-hybridized carbons (Fsp3) is 0.154. The van der Waals surface area contributed by atoms with Crippen LogP contribution in [0.5, 0.6) is 5.88 Å². The average molecular weight is 319 g/mol. The van der Waals surface area contributed by atoms with E-state index in [2.05, 4.69) is 20.5 Å². The zero-order valence-corrected chi connectivity index (χ0v) is 12.4. The van der Waals surface area contributed by atoms with Crippen LogP contribution in [-0.4, -0.2) is 31.8 Å². The Labute approximate surface area is 130 Å². The Bertz CT molecular complexity index is 826. The van der Waals surface area contributed by atoms with Crippen LogP contribution >= 0.6 is 12.2 Å². The number of hydrogen-bond acceptors (Lipinski definition) is 6. The first-order chi connectivity index (χ1) is 10.5. The molecule has 0 saturated heterocycles. The highest BCUT2D eigenvalue weighted by Crippen LogP contribution is 2.10. The van der Waals surface area contributed by atoms with Crippen LogP contribution in [0.15, 0.2) is 34.4 Å². The van der Waals surface area contributed by atoms with Crippen molar-refractivity contribution in [2.24, 2.45) is 5.10 Å². The molecule has 0 aliphatic heterocycles. The fourth-order valence-corrected chi connectivity index (χ4v) is 2.02. The molecule has 9 heteroatoms. The predicted octanol–water partition coefficient (Wildman–Crippen LogP) is 0.790. The molecule has 114 valence electrons. The summed E-state index contributed by atoms with van der Waals surface area (Å²) in [5.74, 6) is -0.768. The van der Waals surface area contributed by atoms with Crippen molar-refractivity contribution in [2.45, 2.75) is 13.5 Å². The molecular formula is C13H13N5O3S. The standard InChI is InChI=1S/C13H13N5O3S/c1-2-18-12(21)9(11(20)16-13(18)22)7-15-17-10(19)8-3-5-14-6-4-8/h3-7,21H,2H2,1H3,(H,17,19)(H,16,20,22)/b15-7+. The second-order valence-corrected chi connectivity index (χ2v) is 4.56. The van der Waals surface area contributed by atoms with Gasteiger partial charge in [-0.15, -0.1) is 0 Å². The number of aromatic nitrogens is 3. The summed E-state index contributed by atoms with van der Waals surface area (Å²) in [7, 11) is 0. The van der Waals surface area contributed by atoms with Gasteiger partial charge in [0.2, 0.25) is 5.88 Å². The van der Waals surface area contributed by atoms with Crippen molar-refractivity contribution in [3.8, 4) is 5.88 Å². The van der Waals surface area contributed by atoms with Crippen LogP contribution in [0.1, 0.15) is 22.8 Å². The maximum atomic E-state index is 11.8. The molecule has 2 aromatic rings. The number of nitrogens with zero attached hydrogens (tertiary/aromatic N) is 3. The lowest BCUT2D eigenvalue weighted by Crippen LogP contribution is -2.21. The Balaban J connectivity index is 2.23. The zero-order valence-electron chi connectivity index (χ0n) is 11.6. The molecule has 0 spiro atoms. The molecule has 0 atom stereocenters. The van der Waals surface area contributed by atoms with E-state index in [1.165, 1.54) is 29.1 Å². The number of hydrogen-bond donors (Lipinski definition) is 3. The molecule has 8 nitrogen and oxygen atoms in total. The van der Waals surface area contributed by atoms with E-state index < -0.39 is 11.5 Å². The van der Waals surface area contributed by atoms with Gasteiger partial charge in [-0.3, -0.25) is 24.1 Å². The van der Waals surface area contributed by atoms with Crippen LogP contribution < -0.4 is 11.0 Å². The predicted molar refractivity (Wildman–Crippen MR) is 82.5 cm³/mol. The third kappa shape index (κ3) is 3.26. The highest BCUT2D eigenvalue weighted by Gasteiger charge is 2.10. The molecule has 3 N–H and O–H groups in total. The van der Waals surface area contributed by atoms with Gasteiger partial charge in [0.05, 0.1) is 6.21 Å². The first-order valence-electron chi connectivity index (χ1n) is 6.34. The largest absolute Gasteiger partial charge is 0.494 e. The Morgan fingerprint density at radius 2 is 2.23 bits per heavy atom. The number of aromatic amines is 1. The van der Waals surface area contributed by atoms with Crippen molar-refractivity contribution in [3.05, 3.63) is 50.8 Å². The molecule has 0 bridgehead atoms. The minimum absolute atomic E-state index is 0.0921. The first kappa shape index (κ1) is 15.6. The third-order valence-electron chi connectivity index (χ3n) is 2.83. The van der Waals surface area contributed by atoms with Crippen molar-refractivity contribution in [3.63, 3.8) is 0 Å². The molecule has 0 aliphatic rings. The Morgan fingerprint density at radius 3 is 2.86 bits per heavy atom. The van der Waals surface area contributed by atoms with E-state index in [0.717, 1.165) is 6.21 Å². The molecule has 0 unspecified atom stereocenters. The summed E-state index contributed by atoms with van der Waals surface area (Å²) >= 11 is 4.93. The summed E-state index contributed by atoms with van der Waals surface area (Å²) < 4.78 is 1.45. The summed E-state index contributed by atoms with van der Waals surface area (Å²) in [6, 6.07) is 3.04. The number of amides is 1. The summed E-state index contributed by atoms with van der Waals surface area (Å²) in [6.07, 6.45) is 4.01. The van der Waals surface area contributed by atoms with Gasteiger partial charge >= 0.3 is 0 Å². The van der Waals surface area contributed by atoms with Crippen LogP contribution in [0, 0.1) is 4.77 Å². The van der Waals surface area contributed by atoms with E-state index in [1.54, 1.807) is 6.92 Å². The smallest absolute Gasteiger partial charge is 0.271 e. The Hall–Kier alpha value is -2.81. The number of H-pyrrole nitrogens is 1. The van der Waals surface area contributed by atoms with Crippen LogP contribution in [0.3, 0.4) is 0 Å². The van der Waals surface area contributed by atoms with Gasteiger partial charge in [0.25, 0.3) is 11.5 Å². The SMILES string of the molecule is CCn1c(O)c(/C=N/NC(=O)c2ccncc2)c(=O)[nH]c1=S. The van der Waals surface area contributed by atoms with Crippen LogP contribution in [0.4, 0.5) is 0 Å². The van der Waals surface area contributed by atoms with Crippen molar-refractivity contribution in [1.29, 1.82) is 0 Å². The maximum Gasteiger partial charge on any atom is 0.271 e. The van der Waals surface area contributed by atoms with Crippen LogP contribution in [0.2, 0.25) is 0 Å². The lowest BCUT2D eigenvalue weighted by atomic mass is 10.3. The van der Waals surface area contributed by atoms with Gasteiger partial charge in [-0.1, -0.05) is 0 Å². The number of nitrogens with one attached hydrogen (secondary N) is 2. The fourth-order valence-electron chi connectivity index (χ4n) is 1.71. The number of pyridine rings is 1. The Morgan fingerprint density at radius 1 is 1.55 bits per heavy atom. The van der Waals surface area contributed by atoms with Crippen molar-refractivity contribution >= 4 is 24.3 Å². The molecule has 0 aliphatic carbocycles. The van der Waals surface area contributed by atoms with E-state index >= 15 is 0 Å². The summed E-state index contributed by atoms with van der Waals surface area (Å²) in [4.78, 5) is 29.7. The molecular weight excluding hydrogens is 306 g/mol. The minimum atomic E-state index is -0.589. The second-order valence-electron chi connectivity index (χ2n) is 4.18. The monoisotopic (exact) mass is 319 g/mol. The number of aromatic hydroxyl groups is 1. The summed E-state index contributed by atoms with van der Waals surface area (Å²) in [6.45, 7) is 2.14. The topological polar surface area (TPSA) is 112 Å². The summed E-state index contributed by atoms with van der Waals surface area (Å²) in [5, 5.41) is 13.7. The second kappa shape index (κ2) is 6.76. The molecule has 1 amide bonds. The molecule has 0 radical (unpaired) electrons. The molecule has 0 fully saturated rings. The van der Waals surface area contributed by atoms with Crippen LogP contribution in [-0.2, 0) is 6.54 Å². The quantitative estimate of drug-likeness (QED) is 0.438. The van der Waals surface area contributed by atoms with Gasteiger partial charge in [0.15, 0.2) is 4.77 Å². The van der Waals surface area contributed by atoms with Gasteiger partial charge in [-0.05, 0) is 31.3 Å². The molecule has 0 saturated carbocycles. The van der Waals surface area contributed by atoms with Gasteiger partial charge in [0, 0.05) is 24.5 Å². The van der Waals surface area contributed by atoms with Crippen molar-refractivity contribution < 1.29 is 9.90 Å². The highest BCUT2D eigenvalue weighted by atomic mass is 32.1. The van der Waals surface area contributed by atoms with Gasteiger partial charge in [-0.25, -0.2) is 5.43 Å². The average Bonchev–Trinajstić information content (AvgIpc) is 2.51. The molecule has 2 aromatic heterocycles. The van der Waals surface area contributed by atoms with Gasteiger partial charge < -0.3 is 5.11 Å². The van der Waals surface area contributed by atoms with Gasteiger partial charge in [0.1, 0.15) is 5.56 Å². The first-order valence-corrected chi connectivity index (χ1v) is 6.75. The summed E-state index contributed by atoms with van der Waals surface area (Å²) in [5.41, 5.74) is 1.95. The minimum Gasteiger partial charge on any atom is -0.494 e. The third-order valence-corrected chi connectivity index (χ3v) is 3.15. The van der Waals surface area contributed by atoms with Crippen molar-refractivity contribution in [1.82, 2.24) is 20.0 Å². The molecule has 22 heavy (non-hydrogen) atoms. The normalized spacial score (nSPS) is 10.8. The zero-order chi connectivity index (χ0) is 16.1. The number of carbonyl (C=O) groups is 1. The lowest BCUT2D eigenvalue weighted by Gasteiger charge is -2.07. The van der Waals surface area contributed by atoms with E-state index in [1.807, 2.05) is 0 Å². The lowest BCUT2D eigenvalue weighted by molar-refractivity contribution is 0.0955. The van der Waals surface area contributed by atoms with E-state index in [0.29, 0.717) is 12.1 Å². The number of carbonyl (C=O) groups excluding carboxylic acids is 1. The highest BCUT2D eigenvalue weighted by molar-refractivity contribution is 7.71. The van der Waals surface area contributed by atoms with Gasteiger partial charge in [-0.2, -0.15) is 5.10 Å². The molecule has 0 aromatic carbocycles. The number of hydrazone groups is 1. The van der Waals surface area contributed by atoms with E-state index in [-0.39, 0.29) is 16.2 Å². The van der Waals surface area contributed by atoms with Crippen LogP contribution in [0.25, 0.3) is 0 Å². The van der Waals surface area contributed by atoms with E-state index in [9.17, 15) is 14.7 Å².